The maximum Gasteiger partial charge on any atom is 0.0300 e. The van der Waals surface area contributed by atoms with Crippen molar-refractivity contribution in [3.63, 3.8) is 0 Å². The molecule has 0 unspecified atom stereocenters. The topological polar surface area (TPSA) is 0 Å². The minimum Gasteiger partial charge on any atom is -0.137 e. The van der Waals surface area contributed by atoms with Crippen LogP contribution in [0.3, 0.4) is 0 Å². The van der Waals surface area contributed by atoms with E-state index in [9.17, 15) is 0 Å². The summed E-state index contributed by atoms with van der Waals surface area (Å²) in [4.78, 5) is 0. The van der Waals surface area contributed by atoms with E-state index in [1.165, 1.54) is 0 Å². The Hall–Kier alpha value is 0.180. The molecule has 0 atom stereocenters. The van der Waals surface area contributed by atoms with Crippen LogP contribution in [-0.4, -0.2) is 5.75 Å². The van der Waals surface area contributed by atoms with Crippen LogP contribution in [0.15, 0.2) is 23.5 Å². The summed E-state index contributed by atoms with van der Waals surface area (Å²) in [5.41, 5.74) is 0. The van der Waals surface area contributed by atoms with Gasteiger partial charge in [0.2, 0.25) is 0 Å². The van der Waals surface area contributed by atoms with E-state index in [-0.39, 0.29) is 0 Å². The molecule has 0 rings (SSSR count). The van der Waals surface area contributed by atoms with Crippen molar-refractivity contribution in [2.75, 3.05) is 5.75 Å². The fraction of sp³-hybridized carbons (Fsp3) is 0.200. The van der Waals surface area contributed by atoms with Crippen molar-refractivity contribution in [3.8, 4) is 0 Å². The molecule has 7 heavy (non-hydrogen) atoms. The minimum atomic E-state index is 0.847. The first-order valence-electron chi connectivity index (χ1n) is 1.89. The van der Waals surface area contributed by atoms with E-state index in [0.29, 0.717) is 0 Å². The van der Waals surface area contributed by atoms with Gasteiger partial charge in [-0.25, -0.2) is 0 Å². The van der Waals surface area contributed by atoms with E-state index in [4.69, 9.17) is 0 Å². The molecule has 0 fully saturated rings. The molecule has 0 aromatic heterocycles. The molecule has 40 valence electrons. The second kappa shape index (κ2) is 4.34. The molecule has 0 aromatic rings. The largest absolute Gasteiger partial charge is 0.137 e. The smallest absolute Gasteiger partial charge is 0.0300 e. The Balaban J connectivity index is 2.97. The Kier molecular flexibility index (Phi) is 4.45. The summed E-state index contributed by atoms with van der Waals surface area (Å²) >= 11 is 5.54. The van der Waals surface area contributed by atoms with Crippen LogP contribution in [0.1, 0.15) is 0 Å². The second-order valence-corrected chi connectivity index (χ2v) is 2.95. The average Bonchev–Trinajstić information content (AvgIpc) is 1.61. The maximum atomic E-state index is 3.95. The van der Waals surface area contributed by atoms with Crippen LogP contribution in [0.2, 0.25) is 0 Å². The Bertz CT molecular complexity index is 76.1. The molecule has 0 amide bonds. The lowest BCUT2D eigenvalue weighted by Gasteiger charge is -1.88. The van der Waals surface area contributed by atoms with Gasteiger partial charge in [-0.3, -0.25) is 0 Å². The summed E-state index contributed by atoms with van der Waals surface area (Å²) in [7, 11) is 0. The second-order valence-electron chi connectivity index (χ2n) is 0.993. The molecule has 0 aliphatic carbocycles. The Morgan fingerprint density at radius 2 is 2.43 bits per heavy atom. The van der Waals surface area contributed by atoms with Gasteiger partial charge in [0.25, 0.3) is 0 Å². The van der Waals surface area contributed by atoms with Gasteiger partial charge in [-0.05, 0) is 0 Å². The molecule has 0 spiro atoms. The van der Waals surface area contributed by atoms with E-state index in [1.807, 2.05) is 6.08 Å². The predicted octanol–water partition coefficient (Wildman–Crippen LogP) is 2.31. The van der Waals surface area contributed by atoms with Crippen molar-refractivity contribution in [2.24, 2.45) is 0 Å². The van der Waals surface area contributed by atoms with E-state index in [0.717, 1.165) is 9.99 Å². The zero-order chi connectivity index (χ0) is 5.70. The first-order chi connectivity index (χ1) is 3.27. The third-order valence-corrected chi connectivity index (χ3v) is 1.49. The van der Waals surface area contributed by atoms with Crippen molar-refractivity contribution in [2.45, 2.75) is 0 Å². The van der Waals surface area contributed by atoms with Gasteiger partial charge in [-0.1, -0.05) is 12.7 Å². The molecular formula is C5H8S2. The van der Waals surface area contributed by atoms with E-state index in [2.05, 4.69) is 25.8 Å². The SMILES string of the molecule is C=CCSC(=C)S. The molecule has 0 aliphatic heterocycles. The summed E-state index contributed by atoms with van der Waals surface area (Å²) in [5, 5.41) is 0. The Morgan fingerprint density at radius 1 is 1.86 bits per heavy atom. The molecule has 0 radical (unpaired) electrons. The lowest BCUT2D eigenvalue weighted by atomic mass is 10.8. The number of thiol groups is 1. The molecular weight excluding hydrogens is 124 g/mol. The molecule has 2 heteroatoms. The van der Waals surface area contributed by atoms with Crippen LogP contribution < -0.4 is 0 Å². The number of hydrogen-bond acceptors (Lipinski definition) is 2. The van der Waals surface area contributed by atoms with Crippen LogP contribution in [-0.2, 0) is 0 Å². The van der Waals surface area contributed by atoms with Crippen LogP contribution in [0, 0.1) is 0 Å². The third-order valence-electron chi connectivity index (χ3n) is 0.368. The summed E-state index contributed by atoms with van der Waals surface area (Å²) in [6, 6.07) is 0. The fourth-order valence-corrected chi connectivity index (χ4v) is 0.689. The van der Waals surface area contributed by atoms with Crippen molar-refractivity contribution < 1.29 is 0 Å². The highest BCUT2D eigenvalue weighted by Crippen LogP contribution is 2.15. The first-order valence-corrected chi connectivity index (χ1v) is 3.32. The number of thioether (sulfide) groups is 1. The van der Waals surface area contributed by atoms with Crippen LogP contribution in [0.5, 0.6) is 0 Å². The van der Waals surface area contributed by atoms with Crippen LogP contribution in [0.25, 0.3) is 0 Å². The highest BCUT2D eigenvalue weighted by Gasteiger charge is 1.79. The Labute approximate surface area is 54.1 Å². The van der Waals surface area contributed by atoms with Crippen LogP contribution in [0.4, 0.5) is 0 Å². The third kappa shape index (κ3) is 6.18. The van der Waals surface area contributed by atoms with Crippen molar-refractivity contribution in [1.29, 1.82) is 0 Å². The minimum absolute atomic E-state index is 0.847. The van der Waals surface area contributed by atoms with Gasteiger partial charge in [0.15, 0.2) is 0 Å². The van der Waals surface area contributed by atoms with Crippen LogP contribution >= 0.6 is 24.4 Å². The van der Waals surface area contributed by atoms with E-state index in [1.54, 1.807) is 11.8 Å². The van der Waals surface area contributed by atoms with Gasteiger partial charge in [0, 0.05) is 9.99 Å². The first kappa shape index (κ1) is 7.18. The molecule has 0 saturated carbocycles. The number of hydrogen-bond donors (Lipinski definition) is 1. The quantitative estimate of drug-likeness (QED) is 0.454. The molecule has 0 nitrogen and oxygen atoms in total. The highest BCUT2D eigenvalue weighted by molar-refractivity contribution is 8.15. The normalized spacial score (nSPS) is 8.14. The molecule has 0 aliphatic rings. The van der Waals surface area contributed by atoms with E-state index < -0.39 is 0 Å². The number of rotatable bonds is 3. The van der Waals surface area contributed by atoms with Gasteiger partial charge in [0.1, 0.15) is 0 Å². The van der Waals surface area contributed by atoms with E-state index >= 15 is 0 Å². The lowest BCUT2D eigenvalue weighted by molar-refractivity contribution is 1.83. The van der Waals surface area contributed by atoms with Gasteiger partial charge < -0.3 is 0 Å². The predicted molar refractivity (Wildman–Crippen MR) is 40.8 cm³/mol. The molecule has 0 saturated heterocycles. The van der Waals surface area contributed by atoms with Crippen molar-refractivity contribution >= 4 is 24.4 Å². The van der Waals surface area contributed by atoms with Gasteiger partial charge >= 0.3 is 0 Å². The summed E-state index contributed by atoms with van der Waals surface area (Å²) in [6.07, 6.45) is 1.83. The molecule has 0 N–H and O–H groups in total. The van der Waals surface area contributed by atoms with Gasteiger partial charge in [0.05, 0.1) is 0 Å². The standard InChI is InChI=1S/C5H8S2/c1-3-4-7-5(2)6/h3,6H,1-2,4H2. The van der Waals surface area contributed by atoms with Crippen molar-refractivity contribution in [1.82, 2.24) is 0 Å². The summed E-state index contributed by atoms with van der Waals surface area (Å²) in [6.45, 7) is 7.11. The summed E-state index contributed by atoms with van der Waals surface area (Å²) in [5.74, 6) is 0.905. The fourth-order valence-electron chi connectivity index (χ4n) is 0.155. The average molecular weight is 132 g/mol. The molecule has 0 bridgehead atoms. The zero-order valence-electron chi connectivity index (χ0n) is 4.05. The van der Waals surface area contributed by atoms with Gasteiger partial charge in [-0.2, -0.15) is 0 Å². The molecule has 0 heterocycles. The Morgan fingerprint density at radius 3 is 2.57 bits per heavy atom. The monoisotopic (exact) mass is 132 g/mol. The lowest BCUT2D eigenvalue weighted by Crippen LogP contribution is -1.62. The van der Waals surface area contributed by atoms with Crippen molar-refractivity contribution in [3.05, 3.63) is 23.5 Å². The highest BCUT2D eigenvalue weighted by atomic mass is 32.2. The molecule has 0 aromatic carbocycles. The van der Waals surface area contributed by atoms with Gasteiger partial charge in [-0.15, -0.1) is 31.0 Å². The summed E-state index contributed by atoms with van der Waals surface area (Å²) < 4.78 is 0.847. The zero-order valence-corrected chi connectivity index (χ0v) is 5.77. The maximum absolute atomic E-state index is 3.95.